The number of aliphatic hydroxyl groups excluding tert-OH is 2. The molecule has 0 heterocycles. The van der Waals surface area contributed by atoms with E-state index >= 15 is 0 Å². The molecule has 0 fully saturated rings. The predicted octanol–water partition coefficient (Wildman–Crippen LogP) is 4.17. The normalized spacial score (nSPS) is 10.8. The molecular weight excluding hydrogens is 438 g/mol. The number of aliphatic hydroxyl groups is 2. The van der Waals surface area contributed by atoms with Crippen molar-refractivity contribution in [1.82, 2.24) is 0 Å². The summed E-state index contributed by atoms with van der Waals surface area (Å²) in [5.74, 6) is 3.37. The Bertz CT molecular complexity index is 951. The van der Waals surface area contributed by atoms with Crippen molar-refractivity contribution in [2.45, 2.75) is 6.92 Å². The molecular formula is C25H29N3O2S2. The molecule has 0 radical (unpaired) electrons. The van der Waals surface area contributed by atoms with Gasteiger partial charge in [-0.1, -0.05) is 24.3 Å². The second kappa shape index (κ2) is 14.6. The lowest BCUT2D eigenvalue weighted by Crippen LogP contribution is -2.28. The number of aryl methyl sites for hydroxylation is 1. The Kier molecular flexibility index (Phi) is 11.8. The first-order valence-corrected chi connectivity index (χ1v) is 12.8. The smallest absolute Gasteiger partial charge is 0.0998 e. The molecule has 2 aromatic carbocycles. The van der Waals surface area contributed by atoms with Crippen LogP contribution in [0.2, 0.25) is 0 Å². The second-order valence-electron chi connectivity index (χ2n) is 7.06. The topological polar surface area (TPSA) is 91.3 Å². The van der Waals surface area contributed by atoms with E-state index in [9.17, 15) is 10.5 Å². The van der Waals surface area contributed by atoms with Crippen molar-refractivity contribution in [2.75, 3.05) is 54.2 Å². The van der Waals surface area contributed by atoms with Gasteiger partial charge in [-0.2, -0.15) is 34.0 Å². The van der Waals surface area contributed by atoms with Gasteiger partial charge >= 0.3 is 0 Å². The Morgan fingerprint density at radius 3 is 1.97 bits per heavy atom. The number of thioether (sulfide) groups is 2. The van der Waals surface area contributed by atoms with E-state index in [4.69, 9.17) is 10.2 Å². The zero-order valence-electron chi connectivity index (χ0n) is 18.3. The molecule has 2 aromatic rings. The van der Waals surface area contributed by atoms with E-state index in [1.165, 1.54) is 0 Å². The van der Waals surface area contributed by atoms with Crippen LogP contribution in [0, 0.1) is 29.6 Å². The average Bonchev–Trinajstić information content (AvgIpc) is 2.82. The molecule has 2 N–H and O–H groups in total. The van der Waals surface area contributed by atoms with Crippen molar-refractivity contribution < 1.29 is 10.2 Å². The van der Waals surface area contributed by atoms with Gasteiger partial charge in [0, 0.05) is 41.8 Å². The third-order valence-electron chi connectivity index (χ3n) is 4.83. The number of nitriles is 2. The van der Waals surface area contributed by atoms with Gasteiger partial charge in [0.1, 0.15) is 0 Å². The fraction of sp³-hybridized carbons (Fsp3) is 0.360. The number of hydrogen-bond donors (Lipinski definition) is 2. The molecule has 32 heavy (non-hydrogen) atoms. The lowest BCUT2D eigenvalue weighted by atomic mass is 9.99. The molecule has 0 bridgehead atoms. The van der Waals surface area contributed by atoms with Gasteiger partial charge in [0.25, 0.3) is 0 Å². The standard InChI is InChI=1S/C25H29N3O2S2/c1-20-16-24(19-27)22(17-23(20)18-26)5-2-21-3-6-25(7-4-21)28(8-12-31-14-10-29)9-13-32-15-11-30/h2-7,16-17,29-30H,8-15H2,1H3/b5-2+. The Morgan fingerprint density at radius 1 is 0.844 bits per heavy atom. The van der Waals surface area contributed by atoms with Crippen LogP contribution in [0.25, 0.3) is 12.2 Å². The van der Waals surface area contributed by atoms with Crippen LogP contribution in [0.15, 0.2) is 36.4 Å². The molecule has 0 aliphatic rings. The maximum Gasteiger partial charge on any atom is 0.0998 e. The van der Waals surface area contributed by atoms with Gasteiger partial charge in [-0.3, -0.25) is 0 Å². The highest BCUT2D eigenvalue weighted by Crippen LogP contribution is 2.21. The summed E-state index contributed by atoms with van der Waals surface area (Å²) in [7, 11) is 0. The number of nitrogens with zero attached hydrogens (tertiary/aromatic N) is 3. The number of rotatable bonds is 13. The summed E-state index contributed by atoms with van der Waals surface area (Å²) in [6.07, 6.45) is 3.83. The molecule has 0 aliphatic carbocycles. The Labute approximate surface area is 199 Å². The average molecular weight is 468 g/mol. The summed E-state index contributed by atoms with van der Waals surface area (Å²) >= 11 is 3.47. The van der Waals surface area contributed by atoms with Crippen LogP contribution in [0.1, 0.15) is 27.8 Å². The highest BCUT2D eigenvalue weighted by molar-refractivity contribution is 7.99. The van der Waals surface area contributed by atoms with Crippen LogP contribution in [-0.4, -0.2) is 59.5 Å². The minimum Gasteiger partial charge on any atom is -0.396 e. The Hall–Kier alpha value is -2.42. The third-order valence-corrected chi connectivity index (χ3v) is 6.72. The molecule has 168 valence electrons. The van der Waals surface area contributed by atoms with Crippen molar-refractivity contribution in [3.05, 3.63) is 64.2 Å². The third kappa shape index (κ3) is 8.26. The maximum absolute atomic E-state index is 9.41. The van der Waals surface area contributed by atoms with E-state index in [-0.39, 0.29) is 13.2 Å². The fourth-order valence-corrected chi connectivity index (χ4v) is 4.48. The van der Waals surface area contributed by atoms with Crippen LogP contribution < -0.4 is 4.90 Å². The van der Waals surface area contributed by atoms with Crippen LogP contribution in [0.3, 0.4) is 0 Å². The molecule has 0 saturated heterocycles. The molecule has 5 nitrogen and oxygen atoms in total. The quantitative estimate of drug-likeness (QED) is 0.337. The highest BCUT2D eigenvalue weighted by atomic mass is 32.2. The summed E-state index contributed by atoms with van der Waals surface area (Å²) in [6.45, 7) is 4.02. The van der Waals surface area contributed by atoms with Gasteiger partial charge in [0.2, 0.25) is 0 Å². The van der Waals surface area contributed by atoms with Gasteiger partial charge in [-0.05, 0) is 47.9 Å². The molecule has 0 spiro atoms. The van der Waals surface area contributed by atoms with Crippen molar-refractivity contribution in [3.8, 4) is 12.1 Å². The summed E-state index contributed by atoms with van der Waals surface area (Å²) in [6, 6.07) is 16.2. The Morgan fingerprint density at radius 2 is 1.44 bits per heavy atom. The second-order valence-corrected chi connectivity index (χ2v) is 9.51. The summed E-state index contributed by atoms with van der Waals surface area (Å²) in [5.41, 5.74) is 4.83. The molecule has 0 aliphatic heterocycles. The lowest BCUT2D eigenvalue weighted by molar-refractivity contribution is 0.322. The van der Waals surface area contributed by atoms with Gasteiger partial charge in [-0.25, -0.2) is 0 Å². The monoisotopic (exact) mass is 467 g/mol. The van der Waals surface area contributed by atoms with Crippen LogP contribution in [0.5, 0.6) is 0 Å². The predicted molar refractivity (Wildman–Crippen MR) is 137 cm³/mol. The molecule has 0 amide bonds. The fourth-order valence-electron chi connectivity index (χ4n) is 3.11. The van der Waals surface area contributed by atoms with Gasteiger partial charge < -0.3 is 15.1 Å². The van der Waals surface area contributed by atoms with Crippen LogP contribution >= 0.6 is 23.5 Å². The minimum absolute atomic E-state index is 0.197. The first-order chi connectivity index (χ1) is 15.6. The molecule has 2 rings (SSSR count). The number of benzene rings is 2. The first kappa shape index (κ1) is 25.8. The largest absolute Gasteiger partial charge is 0.396 e. The highest BCUT2D eigenvalue weighted by Gasteiger charge is 2.08. The number of anilines is 1. The SMILES string of the molecule is Cc1cc(C#N)c(/C=C/c2ccc(N(CCSCCO)CCSCCO)cc2)cc1C#N. The number of hydrogen-bond acceptors (Lipinski definition) is 7. The molecule has 0 unspecified atom stereocenters. The van der Waals surface area contributed by atoms with Gasteiger partial charge in [-0.15, -0.1) is 0 Å². The molecule has 0 aromatic heterocycles. The molecule has 0 saturated carbocycles. The lowest BCUT2D eigenvalue weighted by Gasteiger charge is -2.25. The van der Waals surface area contributed by atoms with Crippen LogP contribution in [-0.2, 0) is 0 Å². The van der Waals surface area contributed by atoms with Gasteiger partial charge in [0.15, 0.2) is 0 Å². The van der Waals surface area contributed by atoms with Crippen molar-refractivity contribution in [2.24, 2.45) is 0 Å². The van der Waals surface area contributed by atoms with E-state index in [1.807, 2.05) is 31.2 Å². The van der Waals surface area contributed by atoms with Gasteiger partial charge in [0.05, 0.1) is 36.5 Å². The summed E-state index contributed by atoms with van der Waals surface area (Å²) < 4.78 is 0. The van der Waals surface area contributed by atoms with E-state index in [0.29, 0.717) is 11.1 Å². The van der Waals surface area contributed by atoms with E-state index in [2.05, 4.69) is 29.2 Å². The Balaban J connectivity index is 2.11. The van der Waals surface area contributed by atoms with Crippen LogP contribution in [0.4, 0.5) is 5.69 Å². The van der Waals surface area contributed by atoms with Crippen molar-refractivity contribution in [1.29, 1.82) is 10.5 Å². The van der Waals surface area contributed by atoms with E-state index < -0.39 is 0 Å². The summed E-state index contributed by atoms with van der Waals surface area (Å²) in [5, 5.41) is 36.6. The van der Waals surface area contributed by atoms with Crippen molar-refractivity contribution in [3.63, 3.8) is 0 Å². The maximum atomic E-state index is 9.41. The van der Waals surface area contributed by atoms with E-state index in [0.717, 1.165) is 58.5 Å². The minimum atomic E-state index is 0.197. The molecule has 0 atom stereocenters. The first-order valence-electron chi connectivity index (χ1n) is 10.5. The van der Waals surface area contributed by atoms with E-state index in [1.54, 1.807) is 35.7 Å². The van der Waals surface area contributed by atoms with Crippen molar-refractivity contribution >= 4 is 41.4 Å². The zero-order chi connectivity index (χ0) is 23.2. The summed E-state index contributed by atoms with van der Waals surface area (Å²) in [4.78, 5) is 2.33. The molecule has 7 heteroatoms. The zero-order valence-corrected chi connectivity index (χ0v) is 20.0.